The molecule has 0 unspecified atom stereocenters. The SMILES string of the molecule is [O]c1ccc(N2CCOCC2)cc1. The van der Waals surface area contributed by atoms with Gasteiger partial charge in [0.1, 0.15) is 0 Å². The maximum Gasteiger partial charge on any atom is 0.178 e. The molecule has 1 aliphatic heterocycles. The quantitative estimate of drug-likeness (QED) is 0.655. The Morgan fingerprint density at radius 3 is 2.31 bits per heavy atom. The van der Waals surface area contributed by atoms with Gasteiger partial charge in [-0.1, -0.05) is 0 Å². The summed E-state index contributed by atoms with van der Waals surface area (Å²) in [5.74, 6) is 0.0667. The first-order valence-electron chi connectivity index (χ1n) is 4.46. The maximum absolute atomic E-state index is 10.9. The number of benzene rings is 1. The molecule has 1 radical (unpaired) electrons. The summed E-state index contributed by atoms with van der Waals surface area (Å²) in [5, 5.41) is 10.9. The van der Waals surface area contributed by atoms with Gasteiger partial charge in [-0.05, 0) is 24.3 Å². The highest BCUT2D eigenvalue weighted by molar-refractivity contribution is 5.48. The van der Waals surface area contributed by atoms with Gasteiger partial charge in [-0.3, -0.25) is 5.11 Å². The van der Waals surface area contributed by atoms with Gasteiger partial charge in [0, 0.05) is 18.8 Å². The Kier molecular flexibility index (Phi) is 2.36. The van der Waals surface area contributed by atoms with Crippen molar-refractivity contribution >= 4 is 5.69 Å². The molecule has 1 aromatic carbocycles. The predicted octanol–water partition coefficient (Wildman–Crippen LogP) is 1.67. The van der Waals surface area contributed by atoms with Crippen LogP contribution >= 0.6 is 0 Å². The van der Waals surface area contributed by atoms with Crippen LogP contribution in [0, 0.1) is 0 Å². The molecule has 0 bridgehead atoms. The van der Waals surface area contributed by atoms with Crippen molar-refractivity contribution in [1.29, 1.82) is 0 Å². The largest absolute Gasteiger partial charge is 0.378 e. The molecular formula is C10H12NO2. The fraction of sp³-hybridized carbons (Fsp3) is 0.400. The second-order valence-electron chi connectivity index (χ2n) is 3.09. The third kappa shape index (κ3) is 1.92. The Bertz CT molecular complexity index is 265. The number of hydrogen-bond acceptors (Lipinski definition) is 2. The van der Waals surface area contributed by atoms with Crippen molar-refractivity contribution in [1.82, 2.24) is 0 Å². The molecule has 0 aromatic heterocycles. The van der Waals surface area contributed by atoms with E-state index in [1.54, 1.807) is 12.1 Å². The maximum atomic E-state index is 10.9. The van der Waals surface area contributed by atoms with Crippen molar-refractivity contribution in [3.8, 4) is 5.75 Å². The number of morpholine rings is 1. The van der Waals surface area contributed by atoms with Crippen LogP contribution in [0.15, 0.2) is 24.3 Å². The van der Waals surface area contributed by atoms with Gasteiger partial charge in [0.05, 0.1) is 13.2 Å². The van der Waals surface area contributed by atoms with E-state index in [1.165, 1.54) is 0 Å². The number of ether oxygens (including phenoxy) is 1. The first-order chi connectivity index (χ1) is 6.36. The molecule has 1 fully saturated rings. The van der Waals surface area contributed by atoms with Crippen molar-refractivity contribution in [3.63, 3.8) is 0 Å². The molecule has 0 N–H and O–H groups in total. The molecule has 0 atom stereocenters. The molecular weight excluding hydrogens is 166 g/mol. The molecule has 69 valence electrons. The van der Waals surface area contributed by atoms with Gasteiger partial charge in [-0.2, -0.15) is 0 Å². The normalized spacial score (nSPS) is 17.4. The summed E-state index contributed by atoms with van der Waals surface area (Å²) in [6.45, 7) is 3.38. The van der Waals surface area contributed by atoms with Crippen LogP contribution in [-0.4, -0.2) is 26.3 Å². The van der Waals surface area contributed by atoms with Crippen LogP contribution < -0.4 is 4.90 Å². The van der Waals surface area contributed by atoms with Gasteiger partial charge < -0.3 is 9.64 Å². The highest BCUT2D eigenvalue weighted by atomic mass is 16.5. The third-order valence-electron chi connectivity index (χ3n) is 2.21. The molecule has 1 heterocycles. The van der Waals surface area contributed by atoms with Crippen LogP contribution in [0.5, 0.6) is 5.75 Å². The highest BCUT2D eigenvalue weighted by Crippen LogP contribution is 2.19. The molecule has 13 heavy (non-hydrogen) atoms. The van der Waals surface area contributed by atoms with E-state index in [0.29, 0.717) is 0 Å². The summed E-state index contributed by atoms with van der Waals surface area (Å²) in [6, 6.07) is 6.94. The zero-order chi connectivity index (χ0) is 9.10. The lowest BCUT2D eigenvalue weighted by atomic mass is 10.2. The van der Waals surface area contributed by atoms with Crippen LogP contribution in [0.3, 0.4) is 0 Å². The van der Waals surface area contributed by atoms with E-state index in [0.717, 1.165) is 32.0 Å². The Balaban J connectivity index is 2.10. The molecule has 1 aliphatic rings. The number of nitrogens with zero attached hydrogens (tertiary/aromatic N) is 1. The zero-order valence-corrected chi connectivity index (χ0v) is 7.40. The van der Waals surface area contributed by atoms with Gasteiger partial charge in [-0.15, -0.1) is 0 Å². The van der Waals surface area contributed by atoms with Crippen LogP contribution in [0.2, 0.25) is 0 Å². The Morgan fingerprint density at radius 1 is 1.08 bits per heavy atom. The summed E-state index contributed by atoms with van der Waals surface area (Å²) in [6.07, 6.45) is 0. The molecule has 2 rings (SSSR count). The van der Waals surface area contributed by atoms with Crippen LogP contribution in [0.4, 0.5) is 5.69 Å². The van der Waals surface area contributed by atoms with Crippen molar-refractivity contribution in [2.75, 3.05) is 31.2 Å². The number of hydrogen-bond donors (Lipinski definition) is 0. The summed E-state index contributed by atoms with van der Waals surface area (Å²) in [7, 11) is 0. The fourth-order valence-corrected chi connectivity index (χ4v) is 1.48. The summed E-state index contributed by atoms with van der Waals surface area (Å²) in [4.78, 5) is 2.23. The van der Waals surface area contributed by atoms with Gasteiger partial charge in [0.2, 0.25) is 0 Å². The molecule has 1 saturated heterocycles. The van der Waals surface area contributed by atoms with Gasteiger partial charge in [0.15, 0.2) is 5.75 Å². The second-order valence-corrected chi connectivity index (χ2v) is 3.09. The molecule has 0 saturated carbocycles. The Labute approximate surface area is 77.6 Å². The topological polar surface area (TPSA) is 32.4 Å². The van der Waals surface area contributed by atoms with Gasteiger partial charge in [-0.25, -0.2) is 0 Å². The second kappa shape index (κ2) is 3.66. The predicted molar refractivity (Wildman–Crippen MR) is 49.6 cm³/mol. The average molecular weight is 178 g/mol. The minimum absolute atomic E-state index is 0.0667. The van der Waals surface area contributed by atoms with E-state index in [4.69, 9.17) is 4.74 Å². The lowest BCUT2D eigenvalue weighted by molar-refractivity contribution is 0.122. The number of rotatable bonds is 1. The molecule has 0 amide bonds. The van der Waals surface area contributed by atoms with Crippen LogP contribution in [0.25, 0.3) is 0 Å². The highest BCUT2D eigenvalue weighted by Gasteiger charge is 2.10. The Hall–Kier alpha value is -1.22. The van der Waals surface area contributed by atoms with Crippen LogP contribution in [-0.2, 0) is 9.84 Å². The molecule has 0 spiro atoms. The average Bonchev–Trinajstić information content (AvgIpc) is 2.20. The van der Waals surface area contributed by atoms with Crippen molar-refractivity contribution in [3.05, 3.63) is 24.3 Å². The van der Waals surface area contributed by atoms with E-state index < -0.39 is 0 Å². The summed E-state index contributed by atoms with van der Waals surface area (Å²) >= 11 is 0. The van der Waals surface area contributed by atoms with E-state index in [1.807, 2.05) is 12.1 Å². The lowest BCUT2D eigenvalue weighted by Gasteiger charge is -2.28. The van der Waals surface area contributed by atoms with E-state index in [9.17, 15) is 5.11 Å². The zero-order valence-electron chi connectivity index (χ0n) is 7.40. The minimum atomic E-state index is 0.0667. The third-order valence-corrected chi connectivity index (χ3v) is 2.21. The van der Waals surface area contributed by atoms with Gasteiger partial charge >= 0.3 is 0 Å². The summed E-state index contributed by atoms with van der Waals surface area (Å²) < 4.78 is 5.24. The monoisotopic (exact) mass is 178 g/mol. The molecule has 1 aromatic rings. The first-order valence-corrected chi connectivity index (χ1v) is 4.46. The molecule has 3 nitrogen and oxygen atoms in total. The standard InChI is InChI=1S/C10H12NO2/c12-10-3-1-9(2-4-10)11-5-7-13-8-6-11/h1-4H,5-8H2. The Morgan fingerprint density at radius 2 is 1.69 bits per heavy atom. The lowest BCUT2D eigenvalue weighted by Crippen LogP contribution is -2.36. The van der Waals surface area contributed by atoms with E-state index >= 15 is 0 Å². The fourth-order valence-electron chi connectivity index (χ4n) is 1.48. The summed E-state index contributed by atoms with van der Waals surface area (Å²) in [5.41, 5.74) is 1.11. The number of anilines is 1. The smallest absolute Gasteiger partial charge is 0.178 e. The van der Waals surface area contributed by atoms with E-state index in [2.05, 4.69) is 4.90 Å². The molecule has 0 aliphatic carbocycles. The molecule has 3 heteroatoms. The first kappa shape index (κ1) is 8.38. The van der Waals surface area contributed by atoms with E-state index in [-0.39, 0.29) is 5.75 Å². The van der Waals surface area contributed by atoms with Crippen molar-refractivity contribution < 1.29 is 9.84 Å². The van der Waals surface area contributed by atoms with Crippen molar-refractivity contribution in [2.24, 2.45) is 0 Å². The van der Waals surface area contributed by atoms with Gasteiger partial charge in [0.25, 0.3) is 0 Å². The minimum Gasteiger partial charge on any atom is -0.378 e. The van der Waals surface area contributed by atoms with Crippen molar-refractivity contribution in [2.45, 2.75) is 0 Å². The van der Waals surface area contributed by atoms with Crippen LogP contribution in [0.1, 0.15) is 0 Å².